The maximum Gasteiger partial charge on any atom is 0.312 e. The molecular formula is C9H7ClN2O3. The van der Waals surface area contributed by atoms with Crippen molar-refractivity contribution in [2.45, 2.75) is 6.42 Å². The van der Waals surface area contributed by atoms with Crippen LogP contribution in [-0.2, 0) is 6.42 Å². The molecule has 0 amide bonds. The molecule has 1 rings (SSSR count). The van der Waals surface area contributed by atoms with Gasteiger partial charge in [0.25, 0.3) is 0 Å². The van der Waals surface area contributed by atoms with E-state index >= 15 is 0 Å². The molecule has 0 bridgehead atoms. The lowest BCUT2D eigenvalue weighted by molar-refractivity contribution is -0.385. The smallest absolute Gasteiger partial charge is 0.312 e. The summed E-state index contributed by atoms with van der Waals surface area (Å²) in [6.45, 7) is 0. The monoisotopic (exact) mass is 226 g/mol. The van der Waals surface area contributed by atoms with Crippen LogP contribution < -0.4 is 4.74 Å². The van der Waals surface area contributed by atoms with Crippen molar-refractivity contribution in [3.63, 3.8) is 0 Å². The van der Waals surface area contributed by atoms with E-state index in [1.807, 2.05) is 6.07 Å². The summed E-state index contributed by atoms with van der Waals surface area (Å²) in [6, 6.07) is 4.57. The average Bonchev–Trinajstić information content (AvgIpc) is 2.17. The standard InChI is InChI=1S/C9H7ClN2O3/c1-15-9-6(2-3-11)4-7(10)5-8(9)12(13)14/h4-5H,2H2,1H3. The van der Waals surface area contributed by atoms with Crippen molar-refractivity contribution in [3.05, 3.63) is 32.8 Å². The van der Waals surface area contributed by atoms with Crippen molar-refractivity contribution in [3.8, 4) is 11.8 Å². The zero-order valence-corrected chi connectivity index (χ0v) is 8.61. The molecule has 1 aromatic rings. The highest BCUT2D eigenvalue weighted by Gasteiger charge is 2.19. The molecule has 0 heterocycles. The van der Waals surface area contributed by atoms with E-state index in [2.05, 4.69) is 0 Å². The van der Waals surface area contributed by atoms with Crippen molar-refractivity contribution in [2.24, 2.45) is 0 Å². The Morgan fingerprint density at radius 1 is 1.67 bits per heavy atom. The number of halogens is 1. The van der Waals surface area contributed by atoms with Gasteiger partial charge in [0.2, 0.25) is 5.75 Å². The first-order valence-electron chi connectivity index (χ1n) is 3.98. The molecule has 0 aliphatic rings. The van der Waals surface area contributed by atoms with Crippen molar-refractivity contribution in [1.29, 1.82) is 5.26 Å². The number of nitrogens with zero attached hydrogens (tertiary/aromatic N) is 2. The molecule has 0 fully saturated rings. The first-order chi connectivity index (χ1) is 7.10. The lowest BCUT2D eigenvalue weighted by atomic mass is 10.1. The maximum absolute atomic E-state index is 10.7. The Morgan fingerprint density at radius 2 is 2.33 bits per heavy atom. The summed E-state index contributed by atoms with van der Waals surface area (Å²) in [4.78, 5) is 10.1. The molecule has 78 valence electrons. The van der Waals surface area contributed by atoms with E-state index in [1.165, 1.54) is 19.2 Å². The van der Waals surface area contributed by atoms with E-state index in [0.717, 1.165) is 0 Å². The lowest BCUT2D eigenvalue weighted by Gasteiger charge is -2.06. The molecule has 0 aliphatic carbocycles. The van der Waals surface area contributed by atoms with E-state index in [0.29, 0.717) is 5.56 Å². The first kappa shape index (κ1) is 11.3. The minimum atomic E-state index is -0.592. The van der Waals surface area contributed by atoms with Gasteiger partial charge in [-0.05, 0) is 6.07 Å². The van der Waals surface area contributed by atoms with Crippen LogP contribution in [0.4, 0.5) is 5.69 Å². The van der Waals surface area contributed by atoms with Crippen LogP contribution in [0, 0.1) is 21.4 Å². The SMILES string of the molecule is COc1c(CC#N)cc(Cl)cc1[N+](=O)[O-]. The van der Waals surface area contributed by atoms with Gasteiger partial charge in [-0.15, -0.1) is 0 Å². The molecule has 0 saturated heterocycles. The maximum atomic E-state index is 10.7. The molecule has 0 aromatic heterocycles. The number of nitro benzene ring substituents is 1. The fourth-order valence-corrected chi connectivity index (χ4v) is 1.46. The van der Waals surface area contributed by atoms with Crippen molar-refractivity contribution in [1.82, 2.24) is 0 Å². The third kappa shape index (κ3) is 2.36. The normalized spacial score (nSPS) is 9.40. The topological polar surface area (TPSA) is 76.2 Å². The molecule has 0 atom stereocenters. The summed E-state index contributed by atoms with van der Waals surface area (Å²) in [6.07, 6.45) is 0.0184. The predicted octanol–water partition coefficient (Wildman–Crippen LogP) is 2.32. The Morgan fingerprint density at radius 3 is 2.80 bits per heavy atom. The van der Waals surface area contributed by atoms with E-state index in [-0.39, 0.29) is 22.9 Å². The number of hydrogen-bond acceptors (Lipinski definition) is 4. The highest BCUT2D eigenvalue weighted by molar-refractivity contribution is 6.31. The number of hydrogen-bond donors (Lipinski definition) is 0. The molecular weight excluding hydrogens is 220 g/mol. The molecule has 1 aromatic carbocycles. The van der Waals surface area contributed by atoms with Crippen LogP contribution in [0.1, 0.15) is 5.56 Å². The van der Waals surface area contributed by atoms with Gasteiger partial charge < -0.3 is 4.74 Å². The second-order valence-electron chi connectivity index (χ2n) is 2.71. The lowest BCUT2D eigenvalue weighted by Crippen LogP contribution is -1.98. The van der Waals surface area contributed by atoms with Gasteiger partial charge >= 0.3 is 5.69 Å². The fourth-order valence-electron chi connectivity index (χ4n) is 1.22. The van der Waals surface area contributed by atoms with Gasteiger partial charge in [0.15, 0.2) is 0 Å². The number of benzene rings is 1. The third-order valence-corrected chi connectivity index (χ3v) is 2.00. The van der Waals surface area contributed by atoms with Crippen LogP contribution in [0.5, 0.6) is 5.75 Å². The predicted molar refractivity (Wildman–Crippen MR) is 54.0 cm³/mol. The minimum Gasteiger partial charge on any atom is -0.490 e. The van der Waals surface area contributed by atoms with Crippen LogP contribution in [0.2, 0.25) is 5.02 Å². The highest BCUT2D eigenvalue weighted by Crippen LogP contribution is 2.34. The van der Waals surface area contributed by atoms with Gasteiger partial charge in [-0.3, -0.25) is 10.1 Å². The second-order valence-corrected chi connectivity index (χ2v) is 3.15. The van der Waals surface area contributed by atoms with Crippen LogP contribution in [0.25, 0.3) is 0 Å². The van der Waals surface area contributed by atoms with E-state index in [9.17, 15) is 10.1 Å². The van der Waals surface area contributed by atoms with Gasteiger partial charge in [-0.25, -0.2) is 0 Å². The number of methoxy groups -OCH3 is 1. The van der Waals surface area contributed by atoms with Gasteiger partial charge in [0.1, 0.15) is 0 Å². The molecule has 0 N–H and O–H groups in total. The number of nitro groups is 1. The molecule has 0 saturated carbocycles. The molecule has 5 nitrogen and oxygen atoms in total. The molecule has 0 radical (unpaired) electrons. The first-order valence-corrected chi connectivity index (χ1v) is 4.35. The number of nitriles is 1. The van der Waals surface area contributed by atoms with E-state index in [1.54, 1.807) is 0 Å². The van der Waals surface area contributed by atoms with Crippen LogP contribution in [0.3, 0.4) is 0 Å². The number of rotatable bonds is 3. The Kier molecular flexibility index (Phi) is 3.47. The molecule has 0 spiro atoms. The summed E-state index contributed by atoms with van der Waals surface area (Å²) in [5.41, 5.74) is 0.189. The summed E-state index contributed by atoms with van der Waals surface area (Å²) in [7, 11) is 1.32. The molecule has 0 aliphatic heterocycles. The van der Waals surface area contributed by atoms with E-state index in [4.69, 9.17) is 21.6 Å². The van der Waals surface area contributed by atoms with E-state index < -0.39 is 4.92 Å². The highest BCUT2D eigenvalue weighted by atomic mass is 35.5. The Balaban J connectivity index is 3.39. The summed E-state index contributed by atoms with van der Waals surface area (Å²) >= 11 is 5.69. The summed E-state index contributed by atoms with van der Waals surface area (Å²) in [5, 5.41) is 19.4. The Labute approximate surface area is 91.0 Å². The van der Waals surface area contributed by atoms with Gasteiger partial charge in [0, 0.05) is 16.7 Å². The van der Waals surface area contributed by atoms with Gasteiger partial charge in [0.05, 0.1) is 24.5 Å². The molecule has 0 unspecified atom stereocenters. The van der Waals surface area contributed by atoms with Gasteiger partial charge in [-0.2, -0.15) is 5.26 Å². The fraction of sp³-hybridized carbons (Fsp3) is 0.222. The molecule has 15 heavy (non-hydrogen) atoms. The Bertz CT molecular complexity index is 440. The minimum absolute atomic E-state index is 0.0184. The number of ether oxygens (including phenoxy) is 1. The largest absolute Gasteiger partial charge is 0.490 e. The van der Waals surface area contributed by atoms with Crippen LogP contribution >= 0.6 is 11.6 Å². The summed E-state index contributed by atoms with van der Waals surface area (Å²) < 4.78 is 4.89. The summed E-state index contributed by atoms with van der Waals surface area (Å²) in [5.74, 6) is 0.0888. The molecule has 6 heteroatoms. The average molecular weight is 227 g/mol. The van der Waals surface area contributed by atoms with Crippen molar-refractivity contribution >= 4 is 17.3 Å². The van der Waals surface area contributed by atoms with Crippen molar-refractivity contribution in [2.75, 3.05) is 7.11 Å². The quantitative estimate of drug-likeness (QED) is 0.585. The third-order valence-electron chi connectivity index (χ3n) is 1.78. The van der Waals surface area contributed by atoms with Crippen molar-refractivity contribution < 1.29 is 9.66 Å². The second kappa shape index (κ2) is 4.62. The zero-order chi connectivity index (χ0) is 11.4. The zero-order valence-electron chi connectivity index (χ0n) is 7.86. The van der Waals surface area contributed by atoms with Gasteiger partial charge in [-0.1, -0.05) is 11.6 Å². The van der Waals surface area contributed by atoms with Crippen LogP contribution in [0.15, 0.2) is 12.1 Å². The Hall–Kier alpha value is -1.80. The van der Waals surface area contributed by atoms with Crippen LogP contribution in [-0.4, -0.2) is 12.0 Å².